The van der Waals surface area contributed by atoms with E-state index in [1.54, 1.807) is 18.2 Å². The zero-order valence-electron chi connectivity index (χ0n) is 8.58. The Labute approximate surface area is 98.7 Å². The maximum absolute atomic E-state index is 13.1. The topological polar surface area (TPSA) is 26.0 Å². The van der Waals surface area contributed by atoms with E-state index in [-0.39, 0.29) is 5.82 Å². The van der Waals surface area contributed by atoms with Crippen molar-refractivity contribution in [1.29, 1.82) is 0 Å². The van der Waals surface area contributed by atoms with E-state index in [1.165, 1.54) is 12.1 Å². The predicted molar refractivity (Wildman–Crippen MR) is 64.7 cm³/mol. The van der Waals surface area contributed by atoms with Crippen molar-refractivity contribution in [2.24, 2.45) is 5.73 Å². The van der Waals surface area contributed by atoms with Gasteiger partial charge in [0.05, 0.1) is 0 Å². The van der Waals surface area contributed by atoms with Gasteiger partial charge in [0, 0.05) is 11.6 Å². The Balaban J connectivity index is 2.58. The van der Waals surface area contributed by atoms with E-state index in [1.807, 2.05) is 12.1 Å². The van der Waals surface area contributed by atoms with Gasteiger partial charge in [0.1, 0.15) is 5.82 Å². The maximum atomic E-state index is 13.1. The molecule has 0 bridgehead atoms. The summed E-state index contributed by atoms with van der Waals surface area (Å²) in [5.41, 5.74) is 8.27. The average molecular weight is 236 g/mol. The van der Waals surface area contributed by atoms with Crippen LogP contribution in [0.25, 0.3) is 11.1 Å². The summed E-state index contributed by atoms with van der Waals surface area (Å²) in [6, 6.07) is 11.9. The molecule has 0 aromatic heterocycles. The fourth-order valence-electron chi connectivity index (χ4n) is 1.65. The second kappa shape index (κ2) is 4.64. The number of hydrogen-bond donors (Lipinski definition) is 1. The standard InChI is InChI=1S/C13H11ClFN/c14-11-5-4-10(8-16)13(7-11)9-2-1-3-12(15)6-9/h1-7H,8,16H2. The zero-order chi connectivity index (χ0) is 11.5. The van der Waals surface area contributed by atoms with Crippen molar-refractivity contribution < 1.29 is 4.39 Å². The Morgan fingerprint density at radius 2 is 1.94 bits per heavy atom. The van der Waals surface area contributed by atoms with Crippen LogP contribution in [0.3, 0.4) is 0 Å². The van der Waals surface area contributed by atoms with Crippen LogP contribution >= 0.6 is 11.6 Å². The number of nitrogens with two attached hydrogens (primary N) is 1. The van der Waals surface area contributed by atoms with Gasteiger partial charge in [-0.15, -0.1) is 0 Å². The number of benzene rings is 2. The molecule has 82 valence electrons. The third-order valence-corrected chi connectivity index (χ3v) is 2.66. The zero-order valence-corrected chi connectivity index (χ0v) is 9.34. The highest BCUT2D eigenvalue weighted by molar-refractivity contribution is 6.30. The van der Waals surface area contributed by atoms with Crippen molar-refractivity contribution in [2.45, 2.75) is 6.54 Å². The van der Waals surface area contributed by atoms with Crippen LogP contribution in [-0.4, -0.2) is 0 Å². The monoisotopic (exact) mass is 235 g/mol. The predicted octanol–water partition coefficient (Wildman–Crippen LogP) is 3.60. The molecular weight excluding hydrogens is 225 g/mol. The van der Waals surface area contributed by atoms with Crippen molar-refractivity contribution >= 4 is 11.6 Å². The molecule has 2 N–H and O–H groups in total. The van der Waals surface area contributed by atoms with Crippen LogP contribution in [0.1, 0.15) is 5.56 Å². The normalized spacial score (nSPS) is 10.4. The summed E-state index contributed by atoms with van der Waals surface area (Å²) in [7, 11) is 0. The van der Waals surface area contributed by atoms with E-state index >= 15 is 0 Å². The van der Waals surface area contributed by atoms with Crippen molar-refractivity contribution in [2.75, 3.05) is 0 Å². The molecule has 0 heterocycles. The third kappa shape index (κ3) is 2.23. The molecule has 0 atom stereocenters. The Morgan fingerprint density at radius 3 is 2.62 bits per heavy atom. The van der Waals surface area contributed by atoms with Crippen LogP contribution in [0.2, 0.25) is 5.02 Å². The molecule has 16 heavy (non-hydrogen) atoms. The SMILES string of the molecule is NCc1ccc(Cl)cc1-c1cccc(F)c1. The van der Waals surface area contributed by atoms with Crippen LogP contribution in [0.15, 0.2) is 42.5 Å². The molecule has 0 aliphatic carbocycles. The fourth-order valence-corrected chi connectivity index (χ4v) is 1.82. The van der Waals surface area contributed by atoms with Gasteiger partial charge < -0.3 is 5.73 Å². The molecule has 0 radical (unpaired) electrons. The molecule has 0 unspecified atom stereocenters. The van der Waals surface area contributed by atoms with E-state index in [4.69, 9.17) is 17.3 Å². The van der Waals surface area contributed by atoms with Crippen molar-refractivity contribution in [3.8, 4) is 11.1 Å². The lowest BCUT2D eigenvalue weighted by atomic mass is 10.00. The summed E-state index contributed by atoms with van der Waals surface area (Å²) in [4.78, 5) is 0. The first-order chi connectivity index (χ1) is 7.70. The van der Waals surface area contributed by atoms with Gasteiger partial charge in [0.15, 0.2) is 0 Å². The van der Waals surface area contributed by atoms with Gasteiger partial charge >= 0.3 is 0 Å². The van der Waals surface area contributed by atoms with Crippen molar-refractivity contribution in [3.05, 3.63) is 58.9 Å². The Bertz CT molecular complexity index is 511. The Morgan fingerprint density at radius 1 is 1.12 bits per heavy atom. The van der Waals surface area contributed by atoms with Gasteiger partial charge in [0.2, 0.25) is 0 Å². The number of rotatable bonds is 2. The molecule has 0 aliphatic rings. The quantitative estimate of drug-likeness (QED) is 0.846. The highest BCUT2D eigenvalue weighted by Crippen LogP contribution is 2.27. The van der Waals surface area contributed by atoms with Gasteiger partial charge in [0.25, 0.3) is 0 Å². The Hall–Kier alpha value is -1.38. The van der Waals surface area contributed by atoms with E-state index in [9.17, 15) is 4.39 Å². The summed E-state index contributed by atoms with van der Waals surface area (Å²) in [6.45, 7) is 0.406. The Kier molecular flexibility index (Phi) is 3.22. The lowest BCUT2D eigenvalue weighted by Gasteiger charge is -2.08. The van der Waals surface area contributed by atoms with Gasteiger partial charge in [-0.1, -0.05) is 29.8 Å². The largest absolute Gasteiger partial charge is 0.326 e. The molecule has 2 aromatic rings. The van der Waals surface area contributed by atoms with Crippen LogP contribution < -0.4 is 5.73 Å². The molecule has 0 saturated carbocycles. The first-order valence-electron chi connectivity index (χ1n) is 4.95. The lowest BCUT2D eigenvalue weighted by molar-refractivity contribution is 0.628. The minimum absolute atomic E-state index is 0.263. The highest BCUT2D eigenvalue weighted by atomic mass is 35.5. The lowest BCUT2D eigenvalue weighted by Crippen LogP contribution is -1.98. The summed E-state index contributed by atoms with van der Waals surface area (Å²) < 4.78 is 13.1. The second-order valence-electron chi connectivity index (χ2n) is 3.52. The van der Waals surface area contributed by atoms with E-state index in [2.05, 4.69) is 0 Å². The maximum Gasteiger partial charge on any atom is 0.123 e. The summed E-state index contributed by atoms with van der Waals surface area (Å²) in [5, 5.41) is 0.622. The molecule has 0 aliphatic heterocycles. The first-order valence-corrected chi connectivity index (χ1v) is 5.33. The molecule has 1 nitrogen and oxygen atoms in total. The average Bonchev–Trinajstić information content (AvgIpc) is 2.29. The fraction of sp³-hybridized carbons (Fsp3) is 0.0769. The molecule has 2 rings (SSSR count). The van der Waals surface area contributed by atoms with Crippen LogP contribution in [-0.2, 0) is 6.54 Å². The molecule has 3 heteroatoms. The van der Waals surface area contributed by atoms with Crippen molar-refractivity contribution in [1.82, 2.24) is 0 Å². The minimum Gasteiger partial charge on any atom is -0.326 e. The minimum atomic E-state index is -0.263. The molecule has 0 spiro atoms. The van der Waals surface area contributed by atoms with Gasteiger partial charge in [-0.3, -0.25) is 0 Å². The van der Waals surface area contributed by atoms with E-state index < -0.39 is 0 Å². The summed E-state index contributed by atoms with van der Waals surface area (Å²) in [6.07, 6.45) is 0. The summed E-state index contributed by atoms with van der Waals surface area (Å²) >= 11 is 5.93. The van der Waals surface area contributed by atoms with Crippen LogP contribution in [0, 0.1) is 5.82 Å². The van der Waals surface area contributed by atoms with Crippen molar-refractivity contribution in [3.63, 3.8) is 0 Å². The van der Waals surface area contributed by atoms with Crippen LogP contribution in [0.4, 0.5) is 4.39 Å². The van der Waals surface area contributed by atoms with Gasteiger partial charge in [-0.2, -0.15) is 0 Å². The third-order valence-electron chi connectivity index (χ3n) is 2.43. The number of halogens is 2. The molecular formula is C13H11ClFN. The highest BCUT2D eigenvalue weighted by Gasteiger charge is 2.05. The van der Waals surface area contributed by atoms with Gasteiger partial charge in [-0.05, 0) is 41.0 Å². The van der Waals surface area contributed by atoms with Crippen LogP contribution in [0.5, 0.6) is 0 Å². The molecule has 0 fully saturated rings. The van der Waals surface area contributed by atoms with E-state index in [0.29, 0.717) is 11.6 Å². The molecule has 0 saturated heterocycles. The van der Waals surface area contributed by atoms with Gasteiger partial charge in [-0.25, -0.2) is 4.39 Å². The number of hydrogen-bond acceptors (Lipinski definition) is 1. The molecule has 0 amide bonds. The van der Waals surface area contributed by atoms with E-state index in [0.717, 1.165) is 16.7 Å². The second-order valence-corrected chi connectivity index (χ2v) is 3.95. The smallest absolute Gasteiger partial charge is 0.123 e. The molecule has 2 aromatic carbocycles. The first kappa shape index (κ1) is 11.1. The summed E-state index contributed by atoms with van der Waals surface area (Å²) in [5.74, 6) is -0.263.